The molecule has 1 amide bonds. The Morgan fingerprint density at radius 1 is 1.39 bits per heavy atom. The molecule has 1 heterocycles. The van der Waals surface area contributed by atoms with Crippen molar-refractivity contribution in [3.63, 3.8) is 0 Å². The highest BCUT2D eigenvalue weighted by atomic mass is 79.9. The number of rotatable bonds is 4. The van der Waals surface area contributed by atoms with Crippen molar-refractivity contribution in [1.82, 2.24) is 10.3 Å². The van der Waals surface area contributed by atoms with Crippen molar-refractivity contribution >= 4 is 38.9 Å². The lowest BCUT2D eigenvalue weighted by molar-refractivity contribution is -0.139. The number of nitrogens with one attached hydrogen (secondary N) is 2. The Hall–Kier alpha value is -2.02. The number of alkyl carbamates (subject to hydrolysis) is 1. The molecule has 1 aromatic carbocycles. The van der Waals surface area contributed by atoms with Crippen molar-refractivity contribution < 1.29 is 19.4 Å². The number of aromatic nitrogens is 1. The summed E-state index contributed by atoms with van der Waals surface area (Å²) in [4.78, 5) is 26.3. The Morgan fingerprint density at radius 3 is 2.70 bits per heavy atom. The minimum atomic E-state index is -1.11. The van der Waals surface area contributed by atoms with Gasteiger partial charge in [-0.05, 0) is 44.5 Å². The molecule has 1 aromatic heterocycles. The summed E-state index contributed by atoms with van der Waals surface area (Å²) in [5, 5.41) is 12.7. The average Bonchev–Trinajstić information content (AvgIpc) is 2.78. The van der Waals surface area contributed by atoms with Crippen molar-refractivity contribution in [2.45, 2.75) is 38.8 Å². The first-order valence-corrected chi connectivity index (χ1v) is 7.93. The first-order chi connectivity index (χ1) is 10.7. The predicted molar refractivity (Wildman–Crippen MR) is 90.5 cm³/mol. The largest absolute Gasteiger partial charge is 0.480 e. The van der Waals surface area contributed by atoms with Crippen molar-refractivity contribution in [3.05, 3.63) is 34.4 Å². The van der Waals surface area contributed by atoms with Gasteiger partial charge in [0.1, 0.15) is 11.6 Å². The van der Waals surface area contributed by atoms with Crippen LogP contribution in [-0.2, 0) is 16.0 Å². The van der Waals surface area contributed by atoms with Crippen LogP contribution < -0.4 is 5.32 Å². The number of fused-ring (bicyclic) bond motifs is 1. The maximum absolute atomic E-state index is 11.8. The Labute approximate surface area is 142 Å². The number of ether oxygens (including phenoxy) is 1. The molecule has 0 radical (unpaired) electrons. The molecular formula is C16H19BrN2O4. The predicted octanol–water partition coefficient (Wildman–Crippen LogP) is 3.45. The quantitative estimate of drug-likeness (QED) is 0.754. The number of aliphatic carboxylic acids is 1. The number of H-pyrrole nitrogens is 1. The average molecular weight is 383 g/mol. The van der Waals surface area contributed by atoms with Gasteiger partial charge in [0.05, 0.1) is 0 Å². The Morgan fingerprint density at radius 2 is 2.09 bits per heavy atom. The maximum atomic E-state index is 11.8. The molecule has 0 saturated carbocycles. The second kappa shape index (κ2) is 6.62. The Balaban J connectivity index is 2.17. The monoisotopic (exact) mass is 382 g/mol. The van der Waals surface area contributed by atoms with E-state index >= 15 is 0 Å². The van der Waals surface area contributed by atoms with Crippen LogP contribution in [0, 0.1) is 0 Å². The van der Waals surface area contributed by atoms with Gasteiger partial charge in [-0.25, -0.2) is 9.59 Å². The zero-order chi connectivity index (χ0) is 17.2. The van der Waals surface area contributed by atoms with E-state index in [0.29, 0.717) is 0 Å². The first-order valence-electron chi connectivity index (χ1n) is 7.13. The van der Waals surface area contributed by atoms with Gasteiger partial charge < -0.3 is 20.1 Å². The summed E-state index contributed by atoms with van der Waals surface area (Å²) in [6.07, 6.45) is 1.17. The summed E-state index contributed by atoms with van der Waals surface area (Å²) in [5.41, 5.74) is 1.04. The molecule has 1 unspecified atom stereocenters. The molecule has 3 N–H and O–H groups in total. The van der Waals surface area contributed by atoms with Crippen LogP contribution in [0.25, 0.3) is 10.9 Å². The van der Waals surface area contributed by atoms with E-state index in [0.717, 1.165) is 20.9 Å². The van der Waals surface area contributed by atoms with E-state index in [1.54, 1.807) is 27.0 Å². The van der Waals surface area contributed by atoms with Crippen LogP contribution >= 0.6 is 15.9 Å². The molecule has 0 bridgehead atoms. The van der Waals surface area contributed by atoms with Crippen LogP contribution in [0.3, 0.4) is 0 Å². The molecule has 23 heavy (non-hydrogen) atoms. The first kappa shape index (κ1) is 17.3. The third kappa shape index (κ3) is 4.72. The van der Waals surface area contributed by atoms with Crippen molar-refractivity contribution in [2.75, 3.05) is 0 Å². The lowest BCUT2D eigenvalue weighted by Gasteiger charge is -2.22. The smallest absolute Gasteiger partial charge is 0.408 e. The minimum Gasteiger partial charge on any atom is -0.480 e. The number of hydrogen-bond acceptors (Lipinski definition) is 3. The van der Waals surface area contributed by atoms with E-state index in [1.165, 1.54) is 0 Å². The summed E-state index contributed by atoms with van der Waals surface area (Å²) in [7, 11) is 0. The number of hydrogen-bond donors (Lipinski definition) is 3. The molecular weight excluding hydrogens is 364 g/mol. The van der Waals surface area contributed by atoms with Gasteiger partial charge in [-0.3, -0.25) is 0 Å². The molecule has 1 atom stereocenters. The number of carbonyl (C=O) groups is 2. The van der Waals surface area contributed by atoms with Gasteiger partial charge in [0.25, 0.3) is 0 Å². The van der Waals surface area contributed by atoms with E-state index in [1.807, 2.05) is 18.2 Å². The lowest BCUT2D eigenvalue weighted by Crippen LogP contribution is -2.44. The third-order valence-corrected chi connectivity index (χ3v) is 3.64. The molecule has 2 rings (SSSR count). The summed E-state index contributed by atoms with van der Waals surface area (Å²) >= 11 is 3.40. The highest BCUT2D eigenvalue weighted by Gasteiger charge is 2.25. The summed E-state index contributed by atoms with van der Waals surface area (Å²) < 4.78 is 6.02. The van der Waals surface area contributed by atoms with Crippen LogP contribution in [0.15, 0.2) is 28.9 Å². The Bertz CT molecular complexity index is 733. The van der Waals surface area contributed by atoms with E-state index < -0.39 is 23.7 Å². The molecule has 0 spiro atoms. The summed E-state index contributed by atoms with van der Waals surface area (Å²) in [6, 6.07) is 4.65. The zero-order valence-electron chi connectivity index (χ0n) is 13.1. The second-order valence-corrected chi connectivity index (χ2v) is 7.16. The lowest BCUT2D eigenvalue weighted by atomic mass is 10.1. The normalized spacial score (nSPS) is 12.9. The minimum absolute atomic E-state index is 0.158. The summed E-state index contributed by atoms with van der Waals surface area (Å²) in [6.45, 7) is 5.17. The van der Waals surface area contributed by atoms with Crippen LogP contribution in [0.4, 0.5) is 4.79 Å². The van der Waals surface area contributed by atoms with Gasteiger partial charge in [0.2, 0.25) is 0 Å². The van der Waals surface area contributed by atoms with Crippen molar-refractivity contribution in [3.8, 4) is 0 Å². The molecule has 6 nitrogen and oxygen atoms in total. The topological polar surface area (TPSA) is 91.4 Å². The van der Waals surface area contributed by atoms with Crippen LogP contribution in [0.1, 0.15) is 26.3 Å². The van der Waals surface area contributed by atoms with Gasteiger partial charge in [-0.1, -0.05) is 15.9 Å². The number of carboxylic acids is 1. The fourth-order valence-corrected chi connectivity index (χ4v) is 2.55. The SMILES string of the molecule is CC(C)(C)OC(=O)NC(Cc1c[nH]c2ccc(Br)cc12)C(=O)O. The highest BCUT2D eigenvalue weighted by molar-refractivity contribution is 9.10. The number of amides is 1. The van der Waals surface area contributed by atoms with Gasteiger partial charge in [0, 0.05) is 28.0 Å². The van der Waals surface area contributed by atoms with Crippen LogP contribution in [-0.4, -0.2) is 33.8 Å². The van der Waals surface area contributed by atoms with Gasteiger partial charge in [-0.2, -0.15) is 0 Å². The molecule has 7 heteroatoms. The second-order valence-electron chi connectivity index (χ2n) is 6.24. The molecule has 0 fully saturated rings. The molecule has 0 aliphatic carbocycles. The van der Waals surface area contributed by atoms with Crippen molar-refractivity contribution in [2.24, 2.45) is 0 Å². The van der Waals surface area contributed by atoms with Gasteiger partial charge >= 0.3 is 12.1 Å². The summed E-state index contributed by atoms with van der Waals surface area (Å²) in [5.74, 6) is -1.11. The molecule has 2 aromatic rings. The molecule has 0 aliphatic heterocycles. The third-order valence-electron chi connectivity index (χ3n) is 3.14. The van der Waals surface area contributed by atoms with E-state index in [4.69, 9.17) is 4.74 Å². The molecule has 0 saturated heterocycles. The van der Waals surface area contributed by atoms with Crippen LogP contribution in [0.5, 0.6) is 0 Å². The fraction of sp³-hybridized carbons (Fsp3) is 0.375. The number of carbonyl (C=O) groups excluding carboxylic acids is 1. The number of carboxylic acid groups (broad SMARTS) is 1. The van der Waals surface area contributed by atoms with E-state index in [2.05, 4.69) is 26.2 Å². The molecule has 0 aliphatic rings. The Kier molecular flexibility index (Phi) is 4.99. The van der Waals surface area contributed by atoms with Crippen molar-refractivity contribution in [1.29, 1.82) is 0 Å². The van der Waals surface area contributed by atoms with Crippen LogP contribution in [0.2, 0.25) is 0 Å². The molecule has 124 valence electrons. The maximum Gasteiger partial charge on any atom is 0.408 e. The zero-order valence-corrected chi connectivity index (χ0v) is 14.7. The fourth-order valence-electron chi connectivity index (χ4n) is 2.19. The number of aromatic amines is 1. The van der Waals surface area contributed by atoms with E-state index in [9.17, 15) is 14.7 Å². The van der Waals surface area contributed by atoms with E-state index in [-0.39, 0.29) is 6.42 Å². The number of benzene rings is 1. The number of halogens is 1. The van der Waals surface area contributed by atoms with Gasteiger partial charge in [0.15, 0.2) is 0 Å². The highest BCUT2D eigenvalue weighted by Crippen LogP contribution is 2.23. The standard InChI is InChI=1S/C16H19BrN2O4/c1-16(2,3)23-15(22)19-13(14(20)21)6-9-8-18-12-5-4-10(17)7-11(9)12/h4-5,7-8,13,18H,6H2,1-3H3,(H,19,22)(H,20,21). The van der Waals surface area contributed by atoms with Gasteiger partial charge in [-0.15, -0.1) is 0 Å².